The average molecular weight is 490 g/mol. The van der Waals surface area contributed by atoms with Crippen molar-refractivity contribution in [1.29, 1.82) is 0 Å². The molecule has 0 bridgehead atoms. The lowest BCUT2D eigenvalue weighted by Crippen LogP contribution is -2.39. The van der Waals surface area contributed by atoms with Crippen molar-refractivity contribution in [2.45, 2.75) is 26.7 Å². The smallest absolute Gasteiger partial charge is 0.191 e. The molecule has 0 radical (unpaired) electrons. The monoisotopic (exact) mass is 490 g/mol. The lowest BCUT2D eigenvalue weighted by molar-refractivity contribution is 0.0377. The number of aryl methyl sites for hydroxylation is 1. The number of aliphatic imine (C=N–C) groups is 1. The minimum Gasteiger partial charge on any atom is -0.496 e. The van der Waals surface area contributed by atoms with Crippen LogP contribution < -0.4 is 15.4 Å². The fourth-order valence-corrected chi connectivity index (χ4v) is 3.07. The number of guanidine groups is 1. The molecule has 1 aromatic rings. The SMILES string of the molecule is CCNC(=NCCCN1CCOCC1)NCCc1cc(C)ccc1OC.I. The molecule has 154 valence electrons. The first-order valence-electron chi connectivity index (χ1n) is 9.68. The van der Waals surface area contributed by atoms with Crippen molar-refractivity contribution in [3.05, 3.63) is 29.3 Å². The minimum atomic E-state index is 0. The van der Waals surface area contributed by atoms with E-state index in [1.165, 1.54) is 11.1 Å². The molecule has 1 aromatic carbocycles. The summed E-state index contributed by atoms with van der Waals surface area (Å²) in [5, 5.41) is 6.75. The van der Waals surface area contributed by atoms with Crippen molar-refractivity contribution in [2.75, 3.05) is 59.6 Å². The van der Waals surface area contributed by atoms with Crippen LogP contribution in [0.4, 0.5) is 0 Å². The van der Waals surface area contributed by atoms with E-state index in [0.717, 1.165) is 77.0 Å². The van der Waals surface area contributed by atoms with E-state index >= 15 is 0 Å². The molecule has 0 amide bonds. The summed E-state index contributed by atoms with van der Waals surface area (Å²) in [7, 11) is 1.72. The topological polar surface area (TPSA) is 58.1 Å². The molecule has 27 heavy (non-hydrogen) atoms. The molecule has 1 aliphatic rings. The number of nitrogens with zero attached hydrogens (tertiary/aromatic N) is 2. The molecule has 0 unspecified atom stereocenters. The van der Waals surface area contributed by atoms with Crippen LogP contribution in [0, 0.1) is 6.92 Å². The largest absolute Gasteiger partial charge is 0.496 e. The van der Waals surface area contributed by atoms with Crippen LogP contribution in [-0.2, 0) is 11.2 Å². The van der Waals surface area contributed by atoms with E-state index in [0.29, 0.717) is 0 Å². The number of ether oxygens (including phenoxy) is 2. The molecule has 1 saturated heterocycles. The van der Waals surface area contributed by atoms with Gasteiger partial charge >= 0.3 is 0 Å². The maximum absolute atomic E-state index is 5.46. The number of morpholine rings is 1. The van der Waals surface area contributed by atoms with Crippen molar-refractivity contribution < 1.29 is 9.47 Å². The van der Waals surface area contributed by atoms with E-state index in [2.05, 4.69) is 41.5 Å². The Morgan fingerprint density at radius 1 is 1.26 bits per heavy atom. The Labute approximate surface area is 181 Å². The van der Waals surface area contributed by atoms with Crippen LogP contribution in [0.3, 0.4) is 0 Å². The molecule has 2 rings (SSSR count). The standard InChI is InChI=1S/C20H34N4O2.HI/c1-4-21-20(22-9-5-11-24-12-14-26-15-13-24)23-10-8-18-16-17(2)6-7-19(18)25-3;/h6-7,16H,4-5,8-15H2,1-3H3,(H2,21,22,23);1H. The fourth-order valence-electron chi connectivity index (χ4n) is 3.07. The lowest BCUT2D eigenvalue weighted by atomic mass is 10.1. The average Bonchev–Trinajstić information content (AvgIpc) is 2.66. The summed E-state index contributed by atoms with van der Waals surface area (Å²) in [4.78, 5) is 7.14. The summed E-state index contributed by atoms with van der Waals surface area (Å²) in [5.41, 5.74) is 2.48. The molecule has 2 N–H and O–H groups in total. The van der Waals surface area contributed by atoms with Crippen molar-refractivity contribution in [1.82, 2.24) is 15.5 Å². The Hall–Kier alpha value is -1.06. The highest BCUT2D eigenvalue weighted by Crippen LogP contribution is 2.19. The first-order valence-corrected chi connectivity index (χ1v) is 9.68. The molecule has 7 heteroatoms. The third-order valence-electron chi connectivity index (χ3n) is 4.47. The Kier molecular flexibility index (Phi) is 12.4. The molecule has 6 nitrogen and oxygen atoms in total. The van der Waals surface area contributed by atoms with Gasteiger partial charge in [-0.3, -0.25) is 9.89 Å². The van der Waals surface area contributed by atoms with Crippen molar-refractivity contribution in [3.8, 4) is 5.75 Å². The van der Waals surface area contributed by atoms with Crippen molar-refractivity contribution >= 4 is 29.9 Å². The summed E-state index contributed by atoms with van der Waals surface area (Å²) < 4.78 is 10.8. The molecule has 1 aliphatic heterocycles. The van der Waals surface area contributed by atoms with Gasteiger partial charge in [-0.1, -0.05) is 17.7 Å². The van der Waals surface area contributed by atoms with Gasteiger partial charge in [-0.2, -0.15) is 0 Å². The third kappa shape index (κ3) is 9.12. The van der Waals surface area contributed by atoms with Gasteiger partial charge in [0, 0.05) is 39.3 Å². The third-order valence-corrected chi connectivity index (χ3v) is 4.47. The Bertz CT molecular complexity index is 563. The predicted octanol–water partition coefficient (Wildman–Crippen LogP) is 2.44. The maximum atomic E-state index is 5.46. The fraction of sp³-hybridized carbons (Fsp3) is 0.650. The Balaban J connectivity index is 0.00000364. The summed E-state index contributed by atoms with van der Waals surface area (Å²) in [6, 6.07) is 6.30. The van der Waals surface area contributed by atoms with Crippen LogP contribution in [0.5, 0.6) is 5.75 Å². The summed E-state index contributed by atoms with van der Waals surface area (Å²) in [5.74, 6) is 1.84. The summed E-state index contributed by atoms with van der Waals surface area (Å²) in [6.45, 7) is 11.6. The van der Waals surface area contributed by atoms with Crippen molar-refractivity contribution in [2.24, 2.45) is 4.99 Å². The van der Waals surface area contributed by atoms with E-state index in [1.807, 2.05) is 6.07 Å². The Morgan fingerprint density at radius 3 is 2.74 bits per heavy atom. The maximum Gasteiger partial charge on any atom is 0.191 e. The molecule has 1 fully saturated rings. The summed E-state index contributed by atoms with van der Waals surface area (Å²) in [6.07, 6.45) is 1.98. The van der Waals surface area contributed by atoms with Gasteiger partial charge in [0.2, 0.25) is 0 Å². The summed E-state index contributed by atoms with van der Waals surface area (Å²) >= 11 is 0. The zero-order chi connectivity index (χ0) is 18.6. The molecule has 0 aromatic heterocycles. The van der Waals surface area contributed by atoms with Gasteiger partial charge < -0.3 is 20.1 Å². The zero-order valence-electron chi connectivity index (χ0n) is 16.9. The number of rotatable bonds is 9. The van der Waals surface area contributed by atoms with E-state index in [4.69, 9.17) is 14.5 Å². The molecule has 0 saturated carbocycles. The van der Waals surface area contributed by atoms with Crippen LogP contribution in [0.25, 0.3) is 0 Å². The molecule has 0 atom stereocenters. The van der Waals surface area contributed by atoms with Gasteiger partial charge in [0.25, 0.3) is 0 Å². The van der Waals surface area contributed by atoms with Crippen LogP contribution in [0.2, 0.25) is 0 Å². The molecular weight excluding hydrogens is 455 g/mol. The molecule has 0 spiro atoms. The van der Waals surface area contributed by atoms with E-state index < -0.39 is 0 Å². The van der Waals surface area contributed by atoms with Gasteiger partial charge in [-0.25, -0.2) is 0 Å². The number of methoxy groups -OCH3 is 1. The minimum absolute atomic E-state index is 0. The number of nitrogens with one attached hydrogen (secondary N) is 2. The Morgan fingerprint density at radius 2 is 2.04 bits per heavy atom. The zero-order valence-corrected chi connectivity index (χ0v) is 19.3. The molecule has 0 aliphatic carbocycles. The van der Waals surface area contributed by atoms with Crippen molar-refractivity contribution in [3.63, 3.8) is 0 Å². The van der Waals surface area contributed by atoms with Crippen LogP contribution in [0.15, 0.2) is 23.2 Å². The van der Waals surface area contributed by atoms with Gasteiger partial charge in [0.05, 0.1) is 20.3 Å². The second-order valence-corrected chi connectivity index (χ2v) is 6.56. The second kappa shape index (κ2) is 14.0. The number of hydrogen-bond donors (Lipinski definition) is 2. The van der Waals surface area contributed by atoms with Crippen LogP contribution in [0.1, 0.15) is 24.5 Å². The highest BCUT2D eigenvalue weighted by atomic mass is 127. The van der Waals surface area contributed by atoms with E-state index in [-0.39, 0.29) is 24.0 Å². The number of halogens is 1. The molecular formula is C20H35IN4O2. The highest BCUT2D eigenvalue weighted by molar-refractivity contribution is 14.0. The number of benzene rings is 1. The van der Waals surface area contributed by atoms with Gasteiger partial charge in [-0.05, 0) is 38.3 Å². The first-order chi connectivity index (χ1) is 12.7. The van der Waals surface area contributed by atoms with E-state index in [9.17, 15) is 0 Å². The van der Waals surface area contributed by atoms with Gasteiger partial charge in [-0.15, -0.1) is 24.0 Å². The highest BCUT2D eigenvalue weighted by Gasteiger charge is 2.09. The normalized spacial score (nSPS) is 15.1. The van der Waals surface area contributed by atoms with Crippen LogP contribution in [-0.4, -0.2) is 70.5 Å². The van der Waals surface area contributed by atoms with E-state index in [1.54, 1.807) is 7.11 Å². The first kappa shape index (κ1) is 24.0. The number of hydrogen-bond acceptors (Lipinski definition) is 4. The quantitative estimate of drug-likeness (QED) is 0.241. The predicted molar refractivity (Wildman–Crippen MR) is 123 cm³/mol. The van der Waals surface area contributed by atoms with Gasteiger partial charge in [0.1, 0.15) is 5.75 Å². The lowest BCUT2D eigenvalue weighted by Gasteiger charge is -2.26. The van der Waals surface area contributed by atoms with Gasteiger partial charge in [0.15, 0.2) is 5.96 Å². The second-order valence-electron chi connectivity index (χ2n) is 6.56. The molecule has 1 heterocycles. The van der Waals surface area contributed by atoms with Crippen LogP contribution >= 0.6 is 24.0 Å².